The number of aromatic nitrogens is 1. The van der Waals surface area contributed by atoms with Gasteiger partial charge in [0.05, 0.1) is 10.5 Å². The van der Waals surface area contributed by atoms with Crippen molar-refractivity contribution in [3.05, 3.63) is 79.8 Å². The Kier molecular flexibility index (Phi) is 6.63. The summed E-state index contributed by atoms with van der Waals surface area (Å²) in [6.45, 7) is 1.34. The van der Waals surface area contributed by atoms with E-state index < -0.39 is 23.3 Å². The second kappa shape index (κ2) is 9.17. The van der Waals surface area contributed by atoms with E-state index in [1.165, 1.54) is 47.4 Å². The maximum Gasteiger partial charge on any atom is 0.339 e. The minimum atomic E-state index is -0.827. The predicted molar refractivity (Wildman–Crippen MR) is 110 cm³/mol. The first-order chi connectivity index (χ1) is 13.8. The van der Waals surface area contributed by atoms with Crippen LogP contribution in [0.3, 0.4) is 0 Å². The molecular formula is C19H13ClN2O5S2. The second-order valence-electron chi connectivity index (χ2n) is 5.80. The minimum absolute atomic E-state index is 0.000888. The average molecular weight is 449 g/mol. The largest absolute Gasteiger partial charge is 0.454 e. The number of benzene rings is 2. The van der Waals surface area contributed by atoms with Crippen LogP contribution in [-0.4, -0.2) is 28.3 Å². The number of esters is 1. The van der Waals surface area contributed by atoms with E-state index in [9.17, 15) is 19.7 Å². The number of ketones is 1. The minimum Gasteiger partial charge on any atom is -0.454 e. The molecule has 10 heteroatoms. The number of carbonyl (C=O) groups excluding carboxylic acids is 2. The van der Waals surface area contributed by atoms with E-state index in [0.717, 1.165) is 11.8 Å². The molecule has 0 amide bonds. The van der Waals surface area contributed by atoms with Gasteiger partial charge in [-0.3, -0.25) is 14.9 Å². The molecule has 0 saturated heterocycles. The molecule has 1 heterocycles. The highest BCUT2D eigenvalue weighted by Crippen LogP contribution is 2.34. The van der Waals surface area contributed by atoms with Crippen LogP contribution in [0.4, 0.5) is 5.69 Å². The van der Waals surface area contributed by atoms with Gasteiger partial charge in [-0.15, -0.1) is 11.3 Å². The zero-order chi connectivity index (χ0) is 21.0. The molecule has 2 aromatic carbocycles. The van der Waals surface area contributed by atoms with Crippen molar-refractivity contribution in [3.63, 3.8) is 0 Å². The first-order valence-electron chi connectivity index (χ1n) is 8.18. The third-order valence-corrected chi connectivity index (χ3v) is 6.07. The van der Waals surface area contributed by atoms with Crippen molar-refractivity contribution < 1.29 is 19.2 Å². The van der Waals surface area contributed by atoms with E-state index in [4.69, 9.17) is 16.3 Å². The summed E-state index contributed by atoms with van der Waals surface area (Å²) in [5.41, 5.74) is 0.924. The van der Waals surface area contributed by atoms with Gasteiger partial charge in [0.25, 0.3) is 5.69 Å². The van der Waals surface area contributed by atoms with Crippen LogP contribution >= 0.6 is 34.7 Å². The molecule has 0 bridgehead atoms. The first-order valence-corrected chi connectivity index (χ1v) is 10.2. The Bertz CT molecular complexity index is 1080. The van der Waals surface area contributed by atoms with E-state index in [-0.39, 0.29) is 11.3 Å². The highest BCUT2D eigenvalue weighted by atomic mass is 35.5. The molecule has 3 aromatic rings. The number of thiazole rings is 1. The van der Waals surface area contributed by atoms with Crippen LogP contribution in [0.5, 0.6) is 0 Å². The molecule has 0 saturated carbocycles. The lowest BCUT2D eigenvalue weighted by molar-refractivity contribution is -0.384. The molecule has 7 nitrogen and oxygen atoms in total. The number of hydrogen-bond donors (Lipinski definition) is 0. The monoisotopic (exact) mass is 448 g/mol. The molecule has 0 unspecified atom stereocenters. The highest BCUT2D eigenvalue weighted by Gasteiger charge is 2.21. The van der Waals surface area contributed by atoms with Gasteiger partial charge in [0.2, 0.25) is 0 Å². The fourth-order valence-electron chi connectivity index (χ4n) is 2.28. The van der Waals surface area contributed by atoms with Gasteiger partial charge < -0.3 is 4.74 Å². The maximum atomic E-state index is 12.6. The fraction of sp³-hybridized carbons (Fsp3) is 0.105. The summed E-state index contributed by atoms with van der Waals surface area (Å²) in [6, 6.07) is 10.1. The number of Topliss-reactive ketones (excluding diaryl/α,β-unsaturated/α-hetero) is 1. The number of non-ortho nitro benzene ring substituents is 1. The van der Waals surface area contributed by atoms with Gasteiger partial charge in [-0.2, -0.15) is 0 Å². The Morgan fingerprint density at radius 3 is 2.59 bits per heavy atom. The molecule has 0 aliphatic heterocycles. The van der Waals surface area contributed by atoms with Gasteiger partial charge >= 0.3 is 5.97 Å². The smallest absolute Gasteiger partial charge is 0.339 e. The molecule has 0 atom stereocenters. The maximum absolute atomic E-state index is 12.6. The Labute approximate surface area is 178 Å². The number of rotatable bonds is 7. The molecule has 3 rings (SSSR count). The van der Waals surface area contributed by atoms with Crippen LogP contribution in [0, 0.1) is 17.0 Å². The average Bonchev–Trinajstić information content (AvgIpc) is 3.11. The number of carbonyl (C=O) groups is 2. The van der Waals surface area contributed by atoms with Gasteiger partial charge in [-0.1, -0.05) is 23.4 Å². The Morgan fingerprint density at radius 2 is 1.97 bits per heavy atom. The number of nitro benzene ring substituents is 1. The van der Waals surface area contributed by atoms with Crippen molar-refractivity contribution in [2.75, 3.05) is 6.61 Å². The standard InChI is InChI=1S/C19H13ClN2O5S2/c1-11-10-28-19(21-11)29-17-7-6-14(22(25)26)8-15(17)18(24)27-9-16(23)12-2-4-13(20)5-3-12/h2-8,10H,9H2,1H3. The van der Waals surface area contributed by atoms with Crippen LogP contribution in [0.1, 0.15) is 26.4 Å². The zero-order valence-electron chi connectivity index (χ0n) is 15.0. The number of ether oxygens (including phenoxy) is 1. The van der Waals surface area contributed by atoms with Crippen molar-refractivity contribution in [3.8, 4) is 0 Å². The van der Waals surface area contributed by atoms with Crippen LogP contribution in [0.2, 0.25) is 5.02 Å². The molecule has 148 valence electrons. The third kappa shape index (κ3) is 5.41. The van der Waals surface area contributed by atoms with Gasteiger partial charge in [-0.05, 0) is 37.3 Å². The quantitative estimate of drug-likeness (QED) is 0.212. The van der Waals surface area contributed by atoms with Gasteiger partial charge in [0.15, 0.2) is 16.7 Å². The van der Waals surface area contributed by atoms with Crippen molar-refractivity contribution in [1.29, 1.82) is 0 Å². The normalized spacial score (nSPS) is 10.6. The van der Waals surface area contributed by atoms with Crippen LogP contribution in [-0.2, 0) is 4.74 Å². The fourth-order valence-corrected chi connectivity index (χ4v) is 4.30. The predicted octanol–water partition coefficient (Wildman–Crippen LogP) is 5.20. The molecule has 0 aliphatic carbocycles. The third-order valence-electron chi connectivity index (χ3n) is 3.69. The lowest BCUT2D eigenvalue weighted by Gasteiger charge is -2.08. The summed E-state index contributed by atoms with van der Waals surface area (Å²) in [5, 5.41) is 13.4. The number of nitro groups is 1. The zero-order valence-corrected chi connectivity index (χ0v) is 17.3. The van der Waals surface area contributed by atoms with E-state index in [1.54, 1.807) is 12.1 Å². The molecular weight excluding hydrogens is 436 g/mol. The SMILES string of the molecule is Cc1csc(Sc2ccc([N+](=O)[O-])cc2C(=O)OCC(=O)c2ccc(Cl)cc2)n1. The Balaban J connectivity index is 1.79. The van der Waals surface area contributed by atoms with Crippen molar-refractivity contribution in [1.82, 2.24) is 4.98 Å². The Hall–Kier alpha value is -2.75. The van der Waals surface area contributed by atoms with E-state index in [0.29, 0.717) is 19.8 Å². The van der Waals surface area contributed by atoms with Crippen LogP contribution < -0.4 is 0 Å². The summed E-state index contributed by atoms with van der Waals surface area (Å²) >= 11 is 8.38. The highest BCUT2D eigenvalue weighted by molar-refractivity contribution is 8.01. The summed E-state index contributed by atoms with van der Waals surface area (Å²) in [5.74, 6) is -1.24. The van der Waals surface area contributed by atoms with E-state index in [2.05, 4.69) is 4.98 Å². The van der Waals surface area contributed by atoms with Crippen LogP contribution in [0.15, 0.2) is 57.1 Å². The van der Waals surface area contributed by atoms with Crippen LogP contribution in [0.25, 0.3) is 0 Å². The van der Waals surface area contributed by atoms with E-state index in [1.807, 2.05) is 12.3 Å². The summed E-state index contributed by atoms with van der Waals surface area (Å²) in [7, 11) is 0. The summed E-state index contributed by atoms with van der Waals surface area (Å²) < 4.78 is 5.80. The van der Waals surface area contributed by atoms with E-state index >= 15 is 0 Å². The van der Waals surface area contributed by atoms with Crippen molar-refractivity contribution >= 4 is 52.1 Å². The number of aryl methyl sites for hydroxylation is 1. The summed E-state index contributed by atoms with van der Waals surface area (Å²) in [4.78, 5) is 40.0. The number of hydrogen-bond acceptors (Lipinski definition) is 8. The topological polar surface area (TPSA) is 99.4 Å². The van der Waals surface area contributed by atoms with Gasteiger partial charge in [0.1, 0.15) is 0 Å². The lowest BCUT2D eigenvalue weighted by atomic mass is 10.1. The summed E-state index contributed by atoms with van der Waals surface area (Å²) in [6.07, 6.45) is 0. The van der Waals surface area contributed by atoms with Crippen molar-refractivity contribution in [2.24, 2.45) is 0 Å². The first kappa shape index (κ1) is 21.0. The number of halogens is 1. The van der Waals surface area contributed by atoms with Crippen molar-refractivity contribution in [2.45, 2.75) is 16.2 Å². The number of nitrogens with zero attached hydrogens (tertiary/aromatic N) is 2. The second-order valence-corrected chi connectivity index (χ2v) is 8.38. The molecule has 29 heavy (non-hydrogen) atoms. The lowest BCUT2D eigenvalue weighted by Crippen LogP contribution is -2.15. The molecule has 1 aromatic heterocycles. The molecule has 0 aliphatic rings. The van der Waals surface area contributed by atoms with Gasteiger partial charge in [-0.25, -0.2) is 9.78 Å². The Morgan fingerprint density at radius 1 is 1.24 bits per heavy atom. The molecule has 0 spiro atoms. The molecule has 0 fully saturated rings. The molecule has 0 radical (unpaired) electrons. The van der Waals surface area contributed by atoms with Gasteiger partial charge in [0, 0.05) is 38.7 Å². The molecule has 0 N–H and O–H groups in total.